The monoisotopic (exact) mass is 438 g/mol. The van der Waals surface area contributed by atoms with Crippen LogP contribution in [0.5, 0.6) is 0 Å². The molecule has 1 aliphatic heterocycles. The van der Waals surface area contributed by atoms with Crippen molar-refractivity contribution in [3.05, 3.63) is 60.2 Å². The van der Waals surface area contributed by atoms with E-state index in [4.69, 9.17) is 4.99 Å². The van der Waals surface area contributed by atoms with Crippen LogP contribution >= 0.6 is 11.8 Å². The fraction of sp³-hybridized carbons (Fsp3) is 0.440. The lowest BCUT2D eigenvalue weighted by molar-refractivity contribution is -0.135. The van der Waals surface area contributed by atoms with E-state index in [1.807, 2.05) is 24.8 Å². The summed E-state index contributed by atoms with van der Waals surface area (Å²) < 4.78 is 0. The fourth-order valence-corrected chi connectivity index (χ4v) is 4.42. The van der Waals surface area contributed by atoms with E-state index in [2.05, 4.69) is 66.1 Å². The Morgan fingerprint density at radius 1 is 1.06 bits per heavy atom. The van der Waals surface area contributed by atoms with E-state index in [9.17, 15) is 4.79 Å². The summed E-state index contributed by atoms with van der Waals surface area (Å²) in [5, 5.41) is 6.91. The number of hydrogen-bond donors (Lipinski definition) is 2. The van der Waals surface area contributed by atoms with Gasteiger partial charge in [0.25, 0.3) is 0 Å². The molecule has 3 rings (SSSR count). The minimum atomic E-state index is 0.0703. The Labute approximate surface area is 190 Å². The molecule has 0 saturated carbocycles. The van der Waals surface area contributed by atoms with Crippen molar-refractivity contribution in [2.45, 2.75) is 56.0 Å². The highest BCUT2D eigenvalue weighted by Crippen LogP contribution is 2.27. The molecule has 5 nitrogen and oxygen atoms in total. The Kier molecular flexibility index (Phi) is 8.83. The van der Waals surface area contributed by atoms with E-state index in [-0.39, 0.29) is 11.8 Å². The lowest BCUT2D eigenvalue weighted by atomic mass is 10.0. The van der Waals surface area contributed by atoms with Crippen LogP contribution in [0.4, 0.5) is 0 Å². The van der Waals surface area contributed by atoms with Gasteiger partial charge in [-0.3, -0.25) is 4.79 Å². The van der Waals surface area contributed by atoms with Crippen molar-refractivity contribution in [3.63, 3.8) is 0 Å². The highest BCUT2D eigenvalue weighted by molar-refractivity contribution is 7.99. The maximum atomic E-state index is 12.2. The van der Waals surface area contributed by atoms with E-state index in [0.29, 0.717) is 12.6 Å². The average molecular weight is 439 g/mol. The third-order valence-corrected chi connectivity index (χ3v) is 6.32. The quantitative estimate of drug-likeness (QED) is 0.492. The molecule has 31 heavy (non-hydrogen) atoms. The summed E-state index contributed by atoms with van der Waals surface area (Å²) in [4.78, 5) is 21.4. The van der Waals surface area contributed by atoms with Gasteiger partial charge in [0.2, 0.25) is 5.91 Å². The number of rotatable bonds is 7. The molecule has 1 fully saturated rings. The normalized spacial score (nSPS) is 15.2. The molecule has 1 saturated heterocycles. The van der Waals surface area contributed by atoms with Gasteiger partial charge in [0.05, 0.1) is 6.54 Å². The number of amides is 1. The first-order valence-corrected chi connectivity index (χ1v) is 12.0. The maximum Gasteiger partial charge on any atom is 0.225 e. The second-order valence-corrected chi connectivity index (χ2v) is 9.30. The fourth-order valence-electron chi connectivity index (χ4n) is 3.58. The first kappa shape index (κ1) is 23.2. The standard InChI is InChI=1S/C25H34N4OS/c1-4-26-25(28-21-14-16-29(17-15-21)24(30)19(2)3)27-18-20-10-12-23(13-11-20)31-22-8-6-5-7-9-22/h5-13,19,21H,4,14-18H2,1-3H3,(H2,26,27,28). The minimum Gasteiger partial charge on any atom is -0.357 e. The Bertz CT molecular complexity index is 844. The molecule has 2 aromatic rings. The summed E-state index contributed by atoms with van der Waals surface area (Å²) in [6.07, 6.45) is 1.91. The highest BCUT2D eigenvalue weighted by atomic mass is 32.2. The Balaban J connectivity index is 1.52. The van der Waals surface area contributed by atoms with Crippen molar-refractivity contribution >= 4 is 23.6 Å². The van der Waals surface area contributed by atoms with Gasteiger partial charge in [0.15, 0.2) is 5.96 Å². The largest absolute Gasteiger partial charge is 0.357 e. The van der Waals surface area contributed by atoms with Crippen LogP contribution in [-0.2, 0) is 11.3 Å². The van der Waals surface area contributed by atoms with Gasteiger partial charge in [-0.25, -0.2) is 4.99 Å². The second-order valence-electron chi connectivity index (χ2n) is 8.15. The number of nitrogens with one attached hydrogen (secondary N) is 2. The van der Waals surface area contributed by atoms with E-state index in [0.717, 1.165) is 38.4 Å². The summed E-state index contributed by atoms with van der Waals surface area (Å²) in [6.45, 7) is 9.10. The van der Waals surface area contributed by atoms with Crippen molar-refractivity contribution in [3.8, 4) is 0 Å². The van der Waals surface area contributed by atoms with Crippen molar-refractivity contribution < 1.29 is 4.79 Å². The number of piperidine rings is 1. The lowest BCUT2D eigenvalue weighted by Crippen LogP contribution is -2.50. The molecule has 2 aromatic carbocycles. The molecule has 1 heterocycles. The first-order chi connectivity index (χ1) is 15.0. The average Bonchev–Trinajstić information content (AvgIpc) is 2.79. The Hall–Kier alpha value is -2.47. The molecular formula is C25H34N4OS. The molecule has 0 aliphatic carbocycles. The van der Waals surface area contributed by atoms with Gasteiger partial charge in [-0.1, -0.05) is 55.9 Å². The van der Waals surface area contributed by atoms with Gasteiger partial charge >= 0.3 is 0 Å². The summed E-state index contributed by atoms with van der Waals surface area (Å²) in [5.41, 5.74) is 1.19. The molecular weight excluding hydrogens is 404 g/mol. The molecule has 166 valence electrons. The minimum absolute atomic E-state index is 0.0703. The molecule has 0 radical (unpaired) electrons. The van der Waals surface area contributed by atoms with Crippen LogP contribution in [0.2, 0.25) is 0 Å². The third-order valence-electron chi connectivity index (χ3n) is 5.31. The predicted molar refractivity (Wildman–Crippen MR) is 129 cm³/mol. The number of aliphatic imine (C=N–C) groups is 1. The first-order valence-electron chi connectivity index (χ1n) is 11.2. The zero-order valence-corrected chi connectivity index (χ0v) is 19.6. The molecule has 6 heteroatoms. The van der Waals surface area contributed by atoms with Crippen molar-refractivity contribution in [1.82, 2.24) is 15.5 Å². The van der Waals surface area contributed by atoms with Gasteiger partial charge in [0, 0.05) is 41.4 Å². The van der Waals surface area contributed by atoms with E-state index >= 15 is 0 Å². The smallest absolute Gasteiger partial charge is 0.225 e. The molecule has 1 aliphatic rings. The van der Waals surface area contributed by atoms with Crippen molar-refractivity contribution in [2.24, 2.45) is 10.9 Å². The summed E-state index contributed by atoms with van der Waals surface area (Å²) in [7, 11) is 0. The number of benzene rings is 2. The van der Waals surface area contributed by atoms with Crippen LogP contribution in [0, 0.1) is 5.92 Å². The van der Waals surface area contributed by atoms with E-state index in [1.165, 1.54) is 15.4 Å². The molecule has 0 atom stereocenters. The SMILES string of the molecule is CCNC(=NCc1ccc(Sc2ccccc2)cc1)NC1CCN(C(=O)C(C)C)CC1. The topological polar surface area (TPSA) is 56.7 Å². The molecule has 0 spiro atoms. The van der Waals surface area contributed by atoms with Crippen LogP contribution in [-0.4, -0.2) is 42.4 Å². The van der Waals surface area contributed by atoms with Crippen LogP contribution in [0.25, 0.3) is 0 Å². The van der Waals surface area contributed by atoms with E-state index < -0.39 is 0 Å². The zero-order chi connectivity index (χ0) is 22.1. The molecule has 2 N–H and O–H groups in total. The van der Waals surface area contributed by atoms with Crippen LogP contribution in [0.1, 0.15) is 39.2 Å². The van der Waals surface area contributed by atoms with Crippen molar-refractivity contribution in [1.29, 1.82) is 0 Å². The van der Waals surface area contributed by atoms with Gasteiger partial charge in [-0.2, -0.15) is 0 Å². The summed E-state index contributed by atoms with van der Waals surface area (Å²) >= 11 is 1.77. The summed E-state index contributed by atoms with van der Waals surface area (Å²) in [5.74, 6) is 1.17. The van der Waals surface area contributed by atoms with Gasteiger partial charge in [-0.15, -0.1) is 0 Å². The molecule has 0 bridgehead atoms. The van der Waals surface area contributed by atoms with Crippen LogP contribution < -0.4 is 10.6 Å². The molecule has 0 aromatic heterocycles. The maximum absolute atomic E-state index is 12.2. The van der Waals surface area contributed by atoms with Gasteiger partial charge in [0.1, 0.15) is 0 Å². The number of likely N-dealkylation sites (tertiary alicyclic amines) is 1. The van der Waals surface area contributed by atoms with Gasteiger partial charge in [-0.05, 0) is 49.6 Å². The molecule has 1 amide bonds. The number of carbonyl (C=O) groups is 1. The molecule has 0 unspecified atom stereocenters. The lowest BCUT2D eigenvalue weighted by Gasteiger charge is -2.34. The highest BCUT2D eigenvalue weighted by Gasteiger charge is 2.24. The van der Waals surface area contributed by atoms with Gasteiger partial charge < -0.3 is 15.5 Å². The zero-order valence-electron chi connectivity index (χ0n) is 18.8. The number of nitrogens with zero attached hydrogens (tertiary/aromatic N) is 2. The van der Waals surface area contributed by atoms with E-state index in [1.54, 1.807) is 11.8 Å². The van der Waals surface area contributed by atoms with Crippen LogP contribution in [0.3, 0.4) is 0 Å². The second kappa shape index (κ2) is 11.8. The number of carbonyl (C=O) groups excluding carboxylic acids is 1. The number of guanidine groups is 1. The van der Waals surface area contributed by atoms with Crippen molar-refractivity contribution in [2.75, 3.05) is 19.6 Å². The predicted octanol–water partition coefficient (Wildman–Crippen LogP) is 4.54. The number of hydrogen-bond acceptors (Lipinski definition) is 3. The Morgan fingerprint density at radius 2 is 1.71 bits per heavy atom. The summed E-state index contributed by atoms with van der Waals surface area (Å²) in [6, 6.07) is 19.4. The third kappa shape index (κ3) is 7.31. The van der Waals surface area contributed by atoms with Crippen LogP contribution in [0.15, 0.2) is 69.4 Å². The Morgan fingerprint density at radius 3 is 2.32 bits per heavy atom.